The molecule has 1 fully saturated rings. The first-order valence-electron chi connectivity index (χ1n) is 10.9. The molecule has 0 saturated carbocycles. The van der Waals surface area contributed by atoms with E-state index in [0.29, 0.717) is 25.6 Å². The van der Waals surface area contributed by atoms with Crippen LogP contribution in [0.3, 0.4) is 0 Å². The zero-order valence-electron chi connectivity index (χ0n) is 21.6. The first-order chi connectivity index (χ1) is 17.0. The summed E-state index contributed by atoms with van der Waals surface area (Å²) in [6.45, 7) is 11.2. The largest absolute Gasteiger partial charge is 0.490 e. The molecule has 14 nitrogen and oxygen atoms in total. The van der Waals surface area contributed by atoms with E-state index in [9.17, 15) is 18.6 Å². The van der Waals surface area contributed by atoms with Gasteiger partial charge in [0.2, 0.25) is 0 Å². The monoisotopic (exact) mass is 633 g/mol. The first-order valence-corrected chi connectivity index (χ1v) is 17.8. The van der Waals surface area contributed by atoms with Gasteiger partial charge in [0.1, 0.15) is 18.6 Å². The smallest absolute Gasteiger partial charge is 0.376 e. The van der Waals surface area contributed by atoms with Crippen molar-refractivity contribution in [2.45, 2.75) is 64.1 Å². The lowest BCUT2D eigenvalue weighted by Gasteiger charge is -2.22. The van der Waals surface area contributed by atoms with E-state index in [1.165, 1.54) is 0 Å². The number of hydrogen-bond acceptors (Lipinski definition) is 12. The second kappa shape index (κ2) is 18.0. The molecule has 0 bridgehead atoms. The number of phosphoric ester groups is 1. The van der Waals surface area contributed by atoms with Crippen molar-refractivity contribution >= 4 is 45.1 Å². The lowest BCUT2D eigenvalue weighted by Crippen LogP contribution is -2.29. The highest BCUT2D eigenvalue weighted by molar-refractivity contribution is 8.77. The van der Waals surface area contributed by atoms with E-state index in [-0.39, 0.29) is 10.9 Å². The summed E-state index contributed by atoms with van der Waals surface area (Å²) in [6.07, 6.45) is -0.767. The van der Waals surface area contributed by atoms with Gasteiger partial charge in [0.15, 0.2) is 0 Å². The maximum absolute atomic E-state index is 11.6. The average molecular weight is 634 g/mol. The van der Waals surface area contributed by atoms with Crippen LogP contribution in [0.25, 0.3) is 0 Å². The summed E-state index contributed by atoms with van der Waals surface area (Å²) in [5, 5.41) is 3.17. The minimum atomic E-state index is -5.51. The summed E-state index contributed by atoms with van der Waals surface area (Å²) in [7, 11) is -10.5. The molecule has 0 aromatic rings. The lowest BCUT2D eigenvalue weighted by atomic mass is 10.1. The van der Waals surface area contributed by atoms with Crippen LogP contribution in [-0.4, -0.2) is 82.0 Å². The minimum Gasteiger partial charge on any atom is -0.376 e. The summed E-state index contributed by atoms with van der Waals surface area (Å²) in [4.78, 5) is 35.2. The molecule has 5 atom stereocenters. The van der Waals surface area contributed by atoms with E-state index >= 15 is 0 Å². The van der Waals surface area contributed by atoms with Crippen LogP contribution in [0.5, 0.6) is 0 Å². The lowest BCUT2D eigenvalue weighted by molar-refractivity contribution is -0.0404. The van der Waals surface area contributed by atoms with Gasteiger partial charge in [-0.25, -0.2) is 13.7 Å². The molecule has 0 spiro atoms. The maximum atomic E-state index is 11.6. The Morgan fingerprint density at radius 1 is 1.14 bits per heavy atom. The van der Waals surface area contributed by atoms with E-state index < -0.39 is 42.3 Å². The summed E-state index contributed by atoms with van der Waals surface area (Å²) in [5.41, 5.74) is 0. The van der Waals surface area contributed by atoms with Gasteiger partial charge in [-0.05, 0) is 41.7 Å². The predicted octanol–water partition coefficient (Wildman–Crippen LogP) is 3.28. The Hall–Kier alpha value is 0.510. The van der Waals surface area contributed by atoms with Crippen molar-refractivity contribution in [3.05, 3.63) is 0 Å². The van der Waals surface area contributed by atoms with Crippen molar-refractivity contribution in [1.82, 2.24) is 5.32 Å². The third-order valence-corrected chi connectivity index (χ3v) is 10.7. The molecule has 0 aliphatic carbocycles. The molecule has 37 heavy (non-hydrogen) atoms. The third kappa shape index (κ3) is 20.1. The van der Waals surface area contributed by atoms with Crippen molar-refractivity contribution in [2.24, 2.45) is 0 Å². The van der Waals surface area contributed by atoms with Crippen molar-refractivity contribution < 1.29 is 60.6 Å². The minimum absolute atomic E-state index is 0.180. The van der Waals surface area contributed by atoms with Crippen LogP contribution in [0.15, 0.2) is 0 Å². The fourth-order valence-electron chi connectivity index (χ4n) is 2.77. The molecule has 0 amide bonds. The quantitative estimate of drug-likeness (QED) is 0.0545. The molecule has 1 aliphatic heterocycles. The Balaban J connectivity index is 0.000000795. The van der Waals surface area contributed by atoms with Gasteiger partial charge in [0.25, 0.3) is 0 Å². The molecular weight excluding hydrogens is 595 g/mol. The Bertz CT molecular complexity index is 864. The zero-order valence-corrected chi connectivity index (χ0v) is 25.9. The van der Waals surface area contributed by atoms with Crippen LogP contribution in [0, 0.1) is 11.8 Å². The van der Waals surface area contributed by atoms with Crippen LogP contribution >= 0.6 is 45.1 Å². The van der Waals surface area contributed by atoms with E-state index in [1.54, 1.807) is 24.6 Å². The van der Waals surface area contributed by atoms with Crippen LogP contribution in [-0.2, 0) is 41.1 Å². The Kier molecular flexibility index (Phi) is 18.3. The van der Waals surface area contributed by atoms with Crippen LogP contribution in [0.4, 0.5) is 0 Å². The van der Waals surface area contributed by atoms with Crippen LogP contribution in [0.1, 0.15) is 41.0 Å². The van der Waals surface area contributed by atoms with E-state index in [4.69, 9.17) is 28.9 Å². The molecule has 1 aliphatic rings. The molecule has 0 aromatic heterocycles. The highest BCUT2D eigenvalue weighted by atomic mass is 33.1. The molecule has 1 heterocycles. The molecule has 5 N–H and O–H groups in total. The summed E-state index contributed by atoms with van der Waals surface area (Å²) < 4.78 is 61.2. The molecule has 1 rings (SSSR count). The summed E-state index contributed by atoms with van der Waals surface area (Å²) in [5.74, 6) is 6.36. The number of rotatable bonds is 16. The van der Waals surface area contributed by atoms with Gasteiger partial charge in [-0.1, -0.05) is 27.5 Å². The van der Waals surface area contributed by atoms with Crippen molar-refractivity contribution in [1.29, 1.82) is 0 Å². The van der Waals surface area contributed by atoms with Gasteiger partial charge < -0.3 is 39.1 Å². The van der Waals surface area contributed by atoms with Gasteiger partial charge in [-0.15, -0.1) is 5.92 Å². The van der Waals surface area contributed by atoms with Gasteiger partial charge in [-0.3, -0.25) is 4.52 Å². The highest BCUT2D eigenvalue weighted by Crippen LogP contribution is 2.66. The predicted molar refractivity (Wildman–Crippen MR) is 142 cm³/mol. The second-order valence-corrected chi connectivity index (χ2v) is 15.4. The average Bonchev–Trinajstić information content (AvgIpc) is 3.06. The summed E-state index contributed by atoms with van der Waals surface area (Å²) >= 11 is 0. The molecule has 3 unspecified atom stereocenters. The van der Waals surface area contributed by atoms with Crippen molar-refractivity contribution in [3.63, 3.8) is 0 Å². The zero-order chi connectivity index (χ0) is 28.8. The normalized spacial score (nSPS) is 23.2. The van der Waals surface area contributed by atoms with Crippen LogP contribution < -0.4 is 5.32 Å². The second-order valence-electron chi connectivity index (χ2n) is 7.99. The fraction of sp³-hybridized carbons (Fsp3) is 0.889. The molecule has 0 aromatic carbocycles. The molecule has 220 valence electrons. The summed E-state index contributed by atoms with van der Waals surface area (Å²) in [6, 6.07) is 0. The van der Waals surface area contributed by atoms with Gasteiger partial charge in [-0.2, -0.15) is 8.62 Å². The SMILES string of the molecule is CC#CCOCSSC(C)(C)CNC.CCOC1C[C@H](C)O[C@@H]1COP(=O)(O)OP(=O)(O)OP(=O)(O)O. The molecular formula is C18H38NO13P3S2. The van der Waals surface area contributed by atoms with Crippen LogP contribution in [0.2, 0.25) is 0 Å². The van der Waals surface area contributed by atoms with E-state index in [1.807, 2.05) is 24.8 Å². The number of hydrogen-bond donors (Lipinski definition) is 5. The molecule has 19 heteroatoms. The third-order valence-electron chi connectivity index (χ3n) is 3.95. The van der Waals surface area contributed by atoms with Gasteiger partial charge >= 0.3 is 23.5 Å². The first kappa shape index (κ1) is 37.5. The Labute approximate surface area is 226 Å². The Morgan fingerprint density at radius 2 is 1.78 bits per heavy atom. The van der Waals surface area contributed by atoms with Gasteiger partial charge in [0, 0.05) is 24.3 Å². The maximum Gasteiger partial charge on any atom is 0.490 e. The van der Waals surface area contributed by atoms with Crippen molar-refractivity contribution in [3.8, 4) is 11.8 Å². The Morgan fingerprint density at radius 3 is 2.32 bits per heavy atom. The van der Waals surface area contributed by atoms with Gasteiger partial charge in [0.05, 0.1) is 18.8 Å². The topological polar surface area (TPSA) is 200 Å². The molecule has 0 radical (unpaired) electrons. The number of ether oxygens (including phenoxy) is 3. The number of phosphoric acid groups is 3. The highest BCUT2D eigenvalue weighted by Gasteiger charge is 2.42. The number of nitrogens with one attached hydrogen (secondary N) is 1. The standard InChI is InChI=1S/C10H19NOS2.C8H19O12P3/c1-5-6-7-12-9-13-14-10(2,3)8-11-4;1-3-16-7-4-6(2)18-8(7)5-17-22(12,13)20-23(14,15)19-21(9,10)11/h11H,7-9H2,1-4H3;6-8H,3-5H2,1-2H3,(H,12,13)(H,14,15)(H2,9,10,11)/t;6-,7?,8+/m.0/s1. The fourth-order valence-corrected chi connectivity index (χ4v) is 8.00. The van der Waals surface area contributed by atoms with E-state index in [2.05, 4.69) is 44.2 Å². The molecule has 1 saturated heterocycles. The van der Waals surface area contributed by atoms with E-state index in [0.717, 1.165) is 6.54 Å². The van der Waals surface area contributed by atoms with Crippen molar-refractivity contribution in [2.75, 3.05) is 39.4 Å².